The first-order valence-electron chi connectivity index (χ1n) is 6.38. The number of carbonyl (C=O) groups is 1. The summed E-state index contributed by atoms with van der Waals surface area (Å²) in [5, 5.41) is 6.61. The van der Waals surface area contributed by atoms with Gasteiger partial charge >= 0.3 is 0 Å². The molecule has 0 unspecified atom stereocenters. The Morgan fingerprint density at radius 1 is 1.48 bits per heavy atom. The van der Waals surface area contributed by atoms with Gasteiger partial charge in [-0.15, -0.1) is 11.3 Å². The van der Waals surface area contributed by atoms with Crippen molar-refractivity contribution in [3.05, 3.63) is 10.9 Å². The first-order chi connectivity index (χ1) is 10.1. The Bertz CT molecular complexity index is 629. The lowest BCUT2D eigenvalue weighted by atomic mass is 10.3. The fourth-order valence-electron chi connectivity index (χ4n) is 1.76. The summed E-state index contributed by atoms with van der Waals surface area (Å²) in [6.07, 6.45) is 0. The minimum absolute atomic E-state index is 0.120. The summed E-state index contributed by atoms with van der Waals surface area (Å²) in [4.78, 5) is 22.1. The van der Waals surface area contributed by atoms with Crippen molar-refractivity contribution in [2.45, 2.75) is 6.92 Å². The summed E-state index contributed by atoms with van der Waals surface area (Å²) in [6.45, 7) is 3.07. The van der Waals surface area contributed by atoms with Gasteiger partial charge in [-0.05, 0) is 13.0 Å². The van der Waals surface area contributed by atoms with Crippen LogP contribution in [0.1, 0.15) is 4.88 Å². The molecule has 0 aromatic carbocycles. The van der Waals surface area contributed by atoms with Gasteiger partial charge in [0.2, 0.25) is 11.9 Å². The van der Waals surface area contributed by atoms with Crippen LogP contribution in [0.2, 0.25) is 0 Å². The molecular formula is C12H18N6O2S. The number of nitrogens with zero attached hydrogens (tertiary/aromatic N) is 2. The second kappa shape index (κ2) is 7.16. The second-order valence-corrected chi connectivity index (χ2v) is 5.55. The minimum Gasteiger partial charge on any atom is -0.383 e. The molecular weight excluding hydrogens is 292 g/mol. The van der Waals surface area contributed by atoms with E-state index >= 15 is 0 Å². The fourth-order valence-corrected chi connectivity index (χ4v) is 2.64. The van der Waals surface area contributed by atoms with Crippen molar-refractivity contribution in [1.29, 1.82) is 0 Å². The number of ether oxygens (including phenoxy) is 1. The van der Waals surface area contributed by atoms with Crippen molar-refractivity contribution in [2.75, 3.05) is 37.5 Å². The molecule has 2 rings (SSSR count). The molecule has 9 heteroatoms. The third kappa shape index (κ3) is 4.00. The van der Waals surface area contributed by atoms with Crippen LogP contribution in [0.3, 0.4) is 0 Å². The van der Waals surface area contributed by atoms with E-state index in [1.54, 1.807) is 18.4 Å². The van der Waals surface area contributed by atoms with Crippen LogP contribution in [0.5, 0.6) is 0 Å². The van der Waals surface area contributed by atoms with Crippen molar-refractivity contribution < 1.29 is 9.53 Å². The zero-order valence-electron chi connectivity index (χ0n) is 11.9. The number of nitrogens with one attached hydrogen (secondary N) is 3. The maximum Gasteiger partial charge on any atom is 0.240 e. The standard InChI is InChI=1S/C12H18N6O2S/c1-7-5-8-10(15-6-9(19)14-3-4-20-2)16-12(18-13)17-11(8)21-7/h5H,3-4,6,13H2,1-2H3,(H,14,19)(H2,15,16,17,18). The molecule has 2 aromatic rings. The molecule has 0 aliphatic rings. The number of nitrogens with two attached hydrogens (primary N) is 1. The maximum atomic E-state index is 11.7. The smallest absolute Gasteiger partial charge is 0.240 e. The molecule has 0 spiro atoms. The molecule has 2 heterocycles. The van der Waals surface area contributed by atoms with E-state index in [1.807, 2.05) is 13.0 Å². The predicted molar refractivity (Wildman–Crippen MR) is 83.3 cm³/mol. The van der Waals surface area contributed by atoms with Crippen LogP contribution in [0.4, 0.5) is 11.8 Å². The lowest BCUT2D eigenvalue weighted by molar-refractivity contribution is -0.119. The van der Waals surface area contributed by atoms with E-state index in [9.17, 15) is 4.79 Å². The molecule has 21 heavy (non-hydrogen) atoms. The maximum absolute atomic E-state index is 11.7. The molecule has 0 saturated heterocycles. The van der Waals surface area contributed by atoms with Gasteiger partial charge in [0.15, 0.2) is 0 Å². The topological polar surface area (TPSA) is 114 Å². The van der Waals surface area contributed by atoms with E-state index in [0.29, 0.717) is 24.9 Å². The number of nitrogen functional groups attached to an aromatic ring is 1. The van der Waals surface area contributed by atoms with Crippen LogP contribution in [-0.4, -0.2) is 42.7 Å². The average molecular weight is 310 g/mol. The molecule has 1 amide bonds. The van der Waals surface area contributed by atoms with E-state index < -0.39 is 0 Å². The summed E-state index contributed by atoms with van der Waals surface area (Å²) in [6, 6.07) is 1.98. The van der Waals surface area contributed by atoms with Crippen LogP contribution in [-0.2, 0) is 9.53 Å². The minimum atomic E-state index is -0.131. The number of aryl methyl sites for hydroxylation is 1. The number of hydrazine groups is 1. The number of amides is 1. The average Bonchev–Trinajstić information content (AvgIpc) is 2.85. The fraction of sp³-hybridized carbons (Fsp3) is 0.417. The van der Waals surface area contributed by atoms with Crippen molar-refractivity contribution in [3.8, 4) is 0 Å². The molecule has 0 fully saturated rings. The van der Waals surface area contributed by atoms with Crippen LogP contribution in [0.25, 0.3) is 10.2 Å². The Labute approximate surface area is 126 Å². The monoisotopic (exact) mass is 310 g/mol. The third-order valence-electron chi connectivity index (χ3n) is 2.69. The first-order valence-corrected chi connectivity index (χ1v) is 7.20. The Morgan fingerprint density at radius 2 is 2.29 bits per heavy atom. The third-order valence-corrected chi connectivity index (χ3v) is 3.63. The molecule has 0 bridgehead atoms. The molecule has 0 aliphatic heterocycles. The Morgan fingerprint density at radius 3 is 3.00 bits per heavy atom. The van der Waals surface area contributed by atoms with Gasteiger partial charge in [-0.3, -0.25) is 10.2 Å². The van der Waals surface area contributed by atoms with Gasteiger partial charge in [-0.25, -0.2) is 10.8 Å². The highest BCUT2D eigenvalue weighted by atomic mass is 32.1. The zero-order valence-corrected chi connectivity index (χ0v) is 12.7. The molecule has 0 aliphatic carbocycles. The number of rotatable bonds is 7. The van der Waals surface area contributed by atoms with E-state index in [1.165, 1.54) is 0 Å². The van der Waals surface area contributed by atoms with E-state index in [2.05, 4.69) is 26.0 Å². The van der Waals surface area contributed by atoms with Gasteiger partial charge in [0, 0.05) is 18.5 Å². The summed E-state index contributed by atoms with van der Waals surface area (Å²) in [5.74, 6) is 6.13. The summed E-state index contributed by atoms with van der Waals surface area (Å²) < 4.78 is 4.87. The van der Waals surface area contributed by atoms with E-state index in [-0.39, 0.29) is 12.5 Å². The largest absolute Gasteiger partial charge is 0.383 e. The summed E-state index contributed by atoms with van der Waals surface area (Å²) in [7, 11) is 1.59. The number of anilines is 2. The number of hydrogen-bond acceptors (Lipinski definition) is 8. The molecule has 0 saturated carbocycles. The highest BCUT2D eigenvalue weighted by Gasteiger charge is 2.11. The summed E-state index contributed by atoms with van der Waals surface area (Å²) >= 11 is 1.54. The molecule has 8 nitrogen and oxygen atoms in total. The number of fused-ring (bicyclic) bond motifs is 1. The molecule has 0 radical (unpaired) electrons. The summed E-state index contributed by atoms with van der Waals surface area (Å²) in [5.41, 5.74) is 2.43. The molecule has 2 aromatic heterocycles. The predicted octanol–water partition coefficient (Wildman–Crippen LogP) is 0.460. The van der Waals surface area contributed by atoms with E-state index in [4.69, 9.17) is 10.6 Å². The SMILES string of the molecule is COCCNC(=O)CNc1nc(NN)nc2sc(C)cc12. The van der Waals surface area contributed by atoms with Gasteiger partial charge in [0.05, 0.1) is 18.5 Å². The molecule has 0 atom stereocenters. The molecule has 5 N–H and O–H groups in total. The lowest BCUT2D eigenvalue weighted by Gasteiger charge is -2.09. The normalized spacial score (nSPS) is 10.6. The van der Waals surface area contributed by atoms with Crippen molar-refractivity contribution in [1.82, 2.24) is 15.3 Å². The number of aromatic nitrogens is 2. The van der Waals surface area contributed by atoms with Crippen molar-refractivity contribution in [3.63, 3.8) is 0 Å². The lowest BCUT2D eigenvalue weighted by Crippen LogP contribution is -2.32. The van der Waals surface area contributed by atoms with Gasteiger partial charge in [-0.1, -0.05) is 0 Å². The number of hydrogen-bond donors (Lipinski definition) is 4. The highest BCUT2D eigenvalue weighted by Crippen LogP contribution is 2.29. The second-order valence-electron chi connectivity index (χ2n) is 4.31. The number of carbonyl (C=O) groups excluding carboxylic acids is 1. The van der Waals surface area contributed by atoms with Gasteiger partial charge in [0.1, 0.15) is 10.6 Å². The van der Waals surface area contributed by atoms with Crippen LogP contribution in [0, 0.1) is 6.92 Å². The van der Waals surface area contributed by atoms with Crippen LogP contribution >= 0.6 is 11.3 Å². The van der Waals surface area contributed by atoms with Crippen LogP contribution in [0.15, 0.2) is 6.07 Å². The number of thiophene rings is 1. The van der Waals surface area contributed by atoms with Gasteiger partial charge in [-0.2, -0.15) is 4.98 Å². The Hall–Kier alpha value is -1.97. The first kappa shape index (κ1) is 15.4. The Balaban J connectivity index is 2.08. The Kier molecular flexibility index (Phi) is 5.26. The zero-order chi connectivity index (χ0) is 15.2. The van der Waals surface area contributed by atoms with Gasteiger partial charge < -0.3 is 15.4 Å². The van der Waals surface area contributed by atoms with E-state index in [0.717, 1.165) is 15.1 Å². The molecule has 114 valence electrons. The van der Waals surface area contributed by atoms with Crippen molar-refractivity contribution >= 4 is 39.2 Å². The number of methoxy groups -OCH3 is 1. The highest BCUT2D eigenvalue weighted by molar-refractivity contribution is 7.18. The van der Waals surface area contributed by atoms with Crippen molar-refractivity contribution in [2.24, 2.45) is 5.84 Å². The quantitative estimate of drug-likeness (QED) is 0.334. The van der Waals surface area contributed by atoms with Gasteiger partial charge in [0.25, 0.3) is 0 Å². The van der Waals surface area contributed by atoms with Crippen LogP contribution < -0.4 is 21.9 Å².